The molecule has 266 valence electrons. The van der Waals surface area contributed by atoms with Crippen molar-refractivity contribution in [3.8, 4) is 5.75 Å². The fraction of sp³-hybridized carbons (Fsp3) is 0.333. The van der Waals surface area contributed by atoms with Crippen LogP contribution in [0.15, 0.2) is 77.8 Å². The highest BCUT2D eigenvalue weighted by atomic mass is 32.2. The lowest BCUT2D eigenvalue weighted by atomic mass is 10.0. The van der Waals surface area contributed by atoms with Crippen LogP contribution in [0.2, 0.25) is 0 Å². The lowest BCUT2D eigenvalue weighted by Crippen LogP contribution is -2.60. The number of piperazine rings is 1. The molecule has 0 spiro atoms. The lowest BCUT2D eigenvalue weighted by molar-refractivity contribution is -0.274. The van der Waals surface area contributed by atoms with Gasteiger partial charge in [-0.3, -0.25) is 9.78 Å². The number of halogens is 5. The molecular weight excluding hydrogens is 689 g/mol. The molecule has 1 atom stereocenters. The third-order valence-electron chi connectivity index (χ3n) is 7.95. The van der Waals surface area contributed by atoms with E-state index in [9.17, 15) is 40.0 Å². The maximum absolute atomic E-state index is 14.1. The SMILES string of the molecule is CCOC(=O)c1ccc2nc(N3CCN(S(=O)(=O)c4ccc(OC(F)(F)F)cc4)[C@@H](C(=O)NCc4ccc(C(F)(F)CC)cc4)C3)cnc2c1. The molecule has 1 N–H and O–H groups in total. The molecule has 1 amide bonds. The second kappa shape index (κ2) is 14.5. The van der Waals surface area contributed by atoms with Crippen LogP contribution in [0.25, 0.3) is 11.0 Å². The molecule has 3 aromatic carbocycles. The first-order valence-electron chi connectivity index (χ1n) is 15.4. The number of rotatable bonds is 11. The number of amides is 1. The van der Waals surface area contributed by atoms with Crippen LogP contribution in [-0.4, -0.2) is 73.2 Å². The van der Waals surface area contributed by atoms with Crippen molar-refractivity contribution < 1.29 is 49.4 Å². The number of esters is 1. The molecule has 1 fully saturated rings. The molecule has 2 heterocycles. The third-order valence-corrected chi connectivity index (χ3v) is 9.87. The van der Waals surface area contributed by atoms with Gasteiger partial charge in [0.15, 0.2) is 0 Å². The predicted molar refractivity (Wildman–Crippen MR) is 171 cm³/mol. The Morgan fingerprint density at radius 1 is 0.940 bits per heavy atom. The molecule has 0 aliphatic carbocycles. The predicted octanol–water partition coefficient (Wildman–Crippen LogP) is 5.40. The van der Waals surface area contributed by atoms with Gasteiger partial charge in [0.1, 0.15) is 17.6 Å². The lowest BCUT2D eigenvalue weighted by Gasteiger charge is -2.40. The first kappa shape index (κ1) is 36.4. The van der Waals surface area contributed by atoms with Crippen molar-refractivity contribution in [3.63, 3.8) is 0 Å². The standard InChI is InChI=1S/C33H32F5N5O6S/c1-3-32(34,35)23-8-5-21(6-9-23)18-40-30(44)28-20-42(29-19-39-27-17-22(31(45)48-4-2)7-14-26(27)41-29)15-16-43(28)50(46,47)25-12-10-24(11-13-25)49-33(36,37)38/h5-14,17,19,28H,3-4,15-16,18,20H2,1-2H3,(H,40,44)/t28-/m1/s1. The maximum atomic E-state index is 14.1. The molecule has 17 heteroatoms. The number of carbonyl (C=O) groups is 2. The van der Waals surface area contributed by atoms with Crippen molar-refractivity contribution >= 4 is 38.8 Å². The van der Waals surface area contributed by atoms with E-state index in [1.165, 1.54) is 49.5 Å². The van der Waals surface area contributed by atoms with Crippen LogP contribution in [-0.2, 0) is 32.0 Å². The number of anilines is 1. The molecule has 1 aliphatic heterocycles. The zero-order valence-electron chi connectivity index (χ0n) is 26.8. The summed E-state index contributed by atoms with van der Waals surface area (Å²) in [4.78, 5) is 36.1. The van der Waals surface area contributed by atoms with Crippen molar-refractivity contribution in [1.82, 2.24) is 19.6 Å². The monoisotopic (exact) mass is 721 g/mol. The van der Waals surface area contributed by atoms with E-state index in [1.807, 2.05) is 0 Å². The van der Waals surface area contributed by atoms with Crippen molar-refractivity contribution in [3.05, 3.63) is 89.6 Å². The minimum Gasteiger partial charge on any atom is -0.462 e. The normalized spacial score (nSPS) is 15.9. The molecule has 1 aromatic heterocycles. The summed E-state index contributed by atoms with van der Waals surface area (Å²) in [5.74, 6) is -4.57. The minimum atomic E-state index is -4.98. The van der Waals surface area contributed by atoms with Crippen LogP contribution < -0.4 is 15.0 Å². The number of nitrogens with one attached hydrogen (secondary N) is 1. The molecule has 1 aliphatic rings. The second-order valence-corrected chi connectivity index (χ2v) is 13.1. The second-order valence-electron chi connectivity index (χ2n) is 11.2. The average Bonchev–Trinajstić information content (AvgIpc) is 3.09. The first-order valence-corrected chi connectivity index (χ1v) is 16.9. The molecule has 0 radical (unpaired) electrons. The summed E-state index contributed by atoms with van der Waals surface area (Å²) in [5, 5.41) is 2.67. The Bertz CT molecular complexity index is 1960. The molecule has 5 rings (SSSR count). The highest BCUT2D eigenvalue weighted by Crippen LogP contribution is 2.32. The average molecular weight is 722 g/mol. The van der Waals surface area contributed by atoms with Crippen molar-refractivity contribution in [1.29, 1.82) is 0 Å². The Hall–Kier alpha value is -4.90. The van der Waals surface area contributed by atoms with E-state index in [4.69, 9.17) is 4.74 Å². The van der Waals surface area contributed by atoms with Gasteiger partial charge in [0, 0.05) is 38.2 Å². The molecule has 0 saturated carbocycles. The van der Waals surface area contributed by atoms with Gasteiger partial charge in [0.25, 0.3) is 5.92 Å². The molecule has 1 saturated heterocycles. The molecule has 11 nitrogen and oxygen atoms in total. The van der Waals surface area contributed by atoms with Gasteiger partial charge in [0.2, 0.25) is 15.9 Å². The summed E-state index contributed by atoms with van der Waals surface area (Å²) in [6.07, 6.45) is -3.95. The number of benzene rings is 3. The largest absolute Gasteiger partial charge is 0.573 e. The number of alkyl halides is 5. The van der Waals surface area contributed by atoms with E-state index in [0.29, 0.717) is 22.4 Å². The van der Waals surface area contributed by atoms with Gasteiger partial charge in [0.05, 0.1) is 34.3 Å². The van der Waals surface area contributed by atoms with Gasteiger partial charge in [-0.1, -0.05) is 31.2 Å². The maximum Gasteiger partial charge on any atom is 0.573 e. The van der Waals surface area contributed by atoms with E-state index in [0.717, 1.165) is 28.6 Å². The summed E-state index contributed by atoms with van der Waals surface area (Å²) >= 11 is 0. The van der Waals surface area contributed by atoms with E-state index >= 15 is 0 Å². The van der Waals surface area contributed by atoms with E-state index in [-0.39, 0.29) is 55.2 Å². The van der Waals surface area contributed by atoms with Gasteiger partial charge in [-0.2, -0.15) is 4.31 Å². The van der Waals surface area contributed by atoms with Crippen LogP contribution in [0.4, 0.5) is 27.8 Å². The van der Waals surface area contributed by atoms with E-state index in [2.05, 4.69) is 20.0 Å². The number of aromatic nitrogens is 2. The summed E-state index contributed by atoms with van der Waals surface area (Å²) in [6, 6.07) is 12.3. The van der Waals surface area contributed by atoms with Crippen LogP contribution >= 0.6 is 0 Å². The van der Waals surface area contributed by atoms with Gasteiger partial charge in [-0.05, 0) is 55.0 Å². The topological polar surface area (TPSA) is 131 Å². The number of hydrogen-bond acceptors (Lipinski definition) is 9. The number of ether oxygens (including phenoxy) is 2. The van der Waals surface area contributed by atoms with Crippen molar-refractivity contribution in [2.45, 2.75) is 50.0 Å². The molecule has 0 unspecified atom stereocenters. The number of carbonyl (C=O) groups excluding carboxylic acids is 2. The zero-order chi connectivity index (χ0) is 36.3. The Labute approximate surface area is 284 Å². The zero-order valence-corrected chi connectivity index (χ0v) is 27.6. The number of sulfonamides is 1. The number of fused-ring (bicyclic) bond motifs is 1. The van der Waals surface area contributed by atoms with Crippen LogP contribution in [0.3, 0.4) is 0 Å². The van der Waals surface area contributed by atoms with Crippen molar-refractivity contribution in [2.24, 2.45) is 0 Å². The highest BCUT2D eigenvalue weighted by molar-refractivity contribution is 7.89. The Kier molecular flexibility index (Phi) is 10.6. The fourth-order valence-electron chi connectivity index (χ4n) is 5.30. The van der Waals surface area contributed by atoms with E-state index in [1.54, 1.807) is 17.9 Å². The van der Waals surface area contributed by atoms with Gasteiger partial charge < -0.3 is 19.7 Å². The molecule has 0 bridgehead atoms. The van der Waals surface area contributed by atoms with Crippen LogP contribution in [0, 0.1) is 0 Å². The molecule has 50 heavy (non-hydrogen) atoms. The van der Waals surface area contributed by atoms with Gasteiger partial charge >= 0.3 is 12.3 Å². The number of nitrogens with zero attached hydrogens (tertiary/aromatic N) is 4. The van der Waals surface area contributed by atoms with E-state index < -0.39 is 46.0 Å². The Morgan fingerprint density at radius 2 is 1.64 bits per heavy atom. The number of hydrogen-bond donors (Lipinski definition) is 1. The first-order chi connectivity index (χ1) is 23.6. The Morgan fingerprint density at radius 3 is 2.28 bits per heavy atom. The van der Waals surface area contributed by atoms with Crippen LogP contribution in [0.5, 0.6) is 5.75 Å². The third kappa shape index (κ3) is 8.27. The van der Waals surface area contributed by atoms with Crippen molar-refractivity contribution in [2.75, 3.05) is 31.1 Å². The summed E-state index contributed by atoms with van der Waals surface area (Å²) in [5.41, 5.74) is 1.40. The quantitative estimate of drug-likeness (QED) is 0.160. The van der Waals surface area contributed by atoms with Gasteiger partial charge in [-0.25, -0.2) is 27.0 Å². The highest BCUT2D eigenvalue weighted by Gasteiger charge is 2.41. The van der Waals surface area contributed by atoms with Gasteiger partial charge in [-0.15, -0.1) is 13.2 Å². The van der Waals surface area contributed by atoms with Crippen LogP contribution in [0.1, 0.15) is 41.8 Å². The smallest absolute Gasteiger partial charge is 0.462 e. The fourth-order valence-corrected chi connectivity index (χ4v) is 6.87. The summed E-state index contributed by atoms with van der Waals surface area (Å²) in [7, 11) is -4.44. The minimum absolute atomic E-state index is 0.0620. The molecule has 4 aromatic rings. The Balaban J connectivity index is 1.40. The summed E-state index contributed by atoms with van der Waals surface area (Å²) < 4.78 is 104. The molecular formula is C33H32F5N5O6S. The summed E-state index contributed by atoms with van der Waals surface area (Å²) in [6.45, 7) is 2.78.